The zero-order chi connectivity index (χ0) is 25.8. The van der Waals surface area contributed by atoms with Crippen molar-refractivity contribution < 1.29 is 4.79 Å². The fourth-order valence-electron chi connectivity index (χ4n) is 6.50. The van der Waals surface area contributed by atoms with Crippen LogP contribution in [0, 0.1) is 43.4 Å². The zero-order valence-electron chi connectivity index (χ0n) is 23.4. The molecule has 1 aromatic heterocycles. The van der Waals surface area contributed by atoms with Gasteiger partial charge >= 0.3 is 0 Å². The molecule has 1 heterocycles. The Morgan fingerprint density at radius 3 is 2.58 bits per heavy atom. The standard InChI is InChI=1S/C33H46N2O/c1-7-9-26(20-33(36)24(5)27-11-8-10-21(2)16-27)23(4)17-30-18-28(13-12-22(30)3)29-14-15-31-32(19-29)35-25(6)34-31/h12-15,18-19,21,23-24,26-27H,7-11,16-17,20H2,1-6H3,(H,34,35). The summed E-state index contributed by atoms with van der Waals surface area (Å²) >= 11 is 0. The first-order valence-electron chi connectivity index (χ1n) is 14.3. The van der Waals surface area contributed by atoms with Gasteiger partial charge in [-0.05, 0) is 91.2 Å². The van der Waals surface area contributed by atoms with Gasteiger partial charge in [0.1, 0.15) is 11.6 Å². The first-order chi connectivity index (χ1) is 17.2. The second kappa shape index (κ2) is 11.8. The number of nitrogens with one attached hydrogen (secondary N) is 1. The number of fused-ring (bicyclic) bond motifs is 1. The van der Waals surface area contributed by atoms with Crippen LogP contribution in [0.1, 0.15) is 89.6 Å². The van der Waals surface area contributed by atoms with Crippen molar-refractivity contribution in [2.24, 2.45) is 29.6 Å². The van der Waals surface area contributed by atoms with Crippen molar-refractivity contribution in [3.63, 3.8) is 0 Å². The minimum atomic E-state index is 0.213. The quantitative estimate of drug-likeness (QED) is 0.311. The third-order valence-corrected chi connectivity index (χ3v) is 8.94. The molecule has 2 aromatic carbocycles. The maximum atomic E-state index is 13.4. The normalized spacial score (nSPS) is 20.8. The van der Waals surface area contributed by atoms with Crippen LogP contribution in [-0.4, -0.2) is 15.8 Å². The number of rotatable bonds is 10. The fourth-order valence-corrected chi connectivity index (χ4v) is 6.50. The summed E-state index contributed by atoms with van der Waals surface area (Å²) in [6.45, 7) is 13.4. The SMILES string of the molecule is CCCC(CC(=O)C(C)C1CCCC(C)C1)C(C)Cc1cc(-c2ccc3nc(C)[nH]c3c2)ccc1C. The van der Waals surface area contributed by atoms with Gasteiger partial charge in [0.25, 0.3) is 0 Å². The molecule has 0 saturated heterocycles. The lowest BCUT2D eigenvalue weighted by Gasteiger charge is -2.32. The molecule has 0 amide bonds. The number of hydrogen-bond donors (Lipinski definition) is 1. The van der Waals surface area contributed by atoms with Crippen molar-refractivity contribution in [2.75, 3.05) is 0 Å². The highest BCUT2D eigenvalue weighted by Crippen LogP contribution is 2.36. The van der Waals surface area contributed by atoms with E-state index < -0.39 is 0 Å². The van der Waals surface area contributed by atoms with Gasteiger partial charge in [-0.25, -0.2) is 4.98 Å². The van der Waals surface area contributed by atoms with E-state index in [1.807, 2.05) is 6.92 Å². The molecule has 0 spiro atoms. The van der Waals surface area contributed by atoms with Gasteiger partial charge in [0.15, 0.2) is 0 Å². The van der Waals surface area contributed by atoms with E-state index in [9.17, 15) is 4.79 Å². The molecule has 1 fully saturated rings. The molecule has 4 rings (SSSR count). The average molecular weight is 487 g/mol. The van der Waals surface area contributed by atoms with Crippen LogP contribution in [0.25, 0.3) is 22.2 Å². The highest BCUT2D eigenvalue weighted by Gasteiger charge is 2.30. The van der Waals surface area contributed by atoms with Crippen LogP contribution in [0.4, 0.5) is 0 Å². The van der Waals surface area contributed by atoms with Gasteiger partial charge in [0.2, 0.25) is 0 Å². The smallest absolute Gasteiger partial charge is 0.136 e. The fraction of sp³-hybridized carbons (Fsp3) is 0.576. The van der Waals surface area contributed by atoms with Crippen molar-refractivity contribution >= 4 is 16.8 Å². The summed E-state index contributed by atoms with van der Waals surface area (Å²) < 4.78 is 0. The number of hydrogen-bond acceptors (Lipinski definition) is 2. The first-order valence-corrected chi connectivity index (χ1v) is 14.3. The Morgan fingerprint density at radius 1 is 1.08 bits per heavy atom. The van der Waals surface area contributed by atoms with E-state index in [-0.39, 0.29) is 5.92 Å². The molecule has 194 valence electrons. The van der Waals surface area contributed by atoms with Gasteiger partial charge in [0.05, 0.1) is 11.0 Å². The summed E-state index contributed by atoms with van der Waals surface area (Å²) in [5.41, 5.74) is 7.32. The third kappa shape index (κ3) is 6.28. The van der Waals surface area contributed by atoms with Gasteiger partial charge < -0.3 is 4.98 Å². The topological polar surface area (TPSA) is 45.8 Å². The lowest BCUT2D eigenvalue weighted by molar-refractivity contribution is -0.125. The van der Waals surface area contributed by atoms with Crippen LogP contribution in [0.5, 0.6) is 0 Å². The molecule has 0 aliphatic heterocycles. The molecule has 0 bridgehead atoms. The Hall–Kier alpha value is -2.42. The van der Waals surface area contributed by atoms with Crippen molar-refractivity contribution in [1.82, 2.24) is 9.97 Å². The summed E-state index contributed by atoms with van der Waals surface area (Å²) in [5, 5.41) is 0. The summed E-state index contributed by atoms with van der Waals surface area (Å²) in [4.78, 5) is 21.3. The Balaban J connectivity index is 1.47. The largest absolute Gasteiger partial charge is 0.342 e. The van der Waals surface area contributed by atoms with E-state index in [0.29, 0.717) is 23.5 Å². The summed E-state index contributed by atoms with van der Waals surface area (Å²) in [6.07, 6.45) is 9.14. The van der Waals surface area contributed by atoms with Crippen LogP contribution in [0.3, 0.4) is 0 Å². The van der Waals surface area contributed by atoms with E-state index in [1.165, 1.54) is 47.9 Å². The molecular formula is C33H46N2O. The van der Waals surface area contributed by atoms with Gasteiger partial charge in [-0.3, -0.25) is 4.79 Å². The maximum Gasteiger partial charge on any atom is 0.136 e. The number of aromatic nitrogens is 2. The molecule has 3 nitrogen and oxygen atoms in total. The highest BCUT2D eigenvalue weighted by atomic mass is 16.1. The predicted octanol–water partition coefficient (Wildman–Crippen LogP) is 8.86. The molecule has 1 aliphatic rings. The van der Waals surface area contributed by atoms with Crippen molar-refractivity contribution in [3.05, 3.63) is 53.3 Å². The molecule has 0 radical (unpaired) electrons. The number of carbonyl (C=O) groups excluding carboxylic acids is 1. The second-order valence-electron chi connectivity index (χ2n) is 11.9. The molecule has 1 aliphatic carbocycles. The number of benzene rings is 2. The number of aromatic amines is 1. The molecular weight excluding hydrogens is 440 g/mol. The number of nitrogens with zero attached hydrogens (tertiary/aromatic N) is 1. The van der Waals surface area contributed by atoms with E-state index in [2.05, 4.69) is 81.0 Å². The molecule has 1 saturated carbocycles. The molecule has 36 heavy (non-hydrogen) atoms. The number of ketones is 1. The van der Waals surface area contributed by atoms with Crippen LogP contribution in [-0.2, 0) is 11.2 Å². The second-order valence-corrected chi connectivity index (χ2v) is 11.9. The van der Waals surface area contributed by atoms with Crippen molar-refractivity contribution in [2.45, 2.75) is 92.9 Å². The Kier molecular flexibility index (Phi) is 8.70. The Labute approximate surface area is 218 Å². The van der Waals surface area contributed by atoms with E-state index in [0.717, 1.165) is 48.5 Å². The summed E-state index contributed by atoms with van der Waals surface area (Å²) in [6, 6.07) is 13.3. The minimum absolute atomic E-state index is 0.213. The van der Waals surface area contributed by atoms with E-state index >= 15 is 0 Å². The molecule has 1 N–H and O–H groups in total. The Morgan fingerprint density at radius 2 is 1.83 bits per heavy atom. The summed E-state index contributed by atoms with van der Waals surface area (Å²) in [5.74, 6) is 3.98. The number of aryl methyl sites for hydroxylation is 2. The van der Waals surface area contributed by atoms with Crippen LogP contribution in [0.2, 0.25) is 0 Å². The van der Waals surface area contributed by atoms with Crippen molar-refractivity contribution in [3.8, 4) is 11.1 Å². The molecule has 3 aromatic rings. The van der Waals surface area contributed by atoms with Gasteiger partial charge in [-0.15, -0.1) is 0 Å². The van der Waals surface area contributed by atoms with Crippen LogP contribution >= 0.6 is 0 Å². The van der Waals surface area contributed by atoms with Gasteiger partial charge in [-0.1, -0.05) is 77.6 Å². The van der Waals surface area contributed by atoms with E-state index in [4.69, 9.17) is 0 Å². The minimum Gasteiger partial charge on any atom is -0.342 e. The molecule has 5 unspecified atom stereocenters. The highest BCUT2D eigenvalue weighted by molar-refractivity contribution is 5.82. The zero-order valence-corrected chi connectivity index (χ0v) is 23.4. The lowest BCUT2D eigenvalue weighted by Crippen LogP contribution is -2.28. The van der Waals surface area contributed by atoms with Gasteiger partial charge in [-0.2, -0.15) is 0 Å². The predicted molar refractivity (Wildman–Crippen MR) is 152 cm³/mol. The maximum absolute atomic E-state index is 13.4. The van der Waals surface area contributed by atoms with Gasteiger partial charge in [0, 0.05) is 12.3 Å². The molecule has 5 atom stereocenters. The van der Waals surface area contributed by atoms with Crippen molar-refractivity contribution in [1.29, 1.82) is 0 Å². The average Bonchev–Trinajstić information content (AvgIpc) is 3.23. The first kappa shape index (κ1) is 26.6. The summed E-state index contributed by atoms with van der Waals surface area (Å²) in [7, 11) is 0. The van der Waals surface area contributed by atoms with Crippen LogP contribution < -0.4 is 0 Å². The molecule has 3 heteroatoms. The third-order valence-electron chi connectivity index (χ3n) is 8.94. The number of imidazole rings is 1. The van der Waals surface area contributed by atoms with Crippen LogP contribution in [0.15, 0.2) is 36.4 Å². The monoisotopic (exact) mass is 486 g/mol. The Bertz CT molecular complexity index is 1180. The van der Waals surface area contributed by atoms with E-state index in [1.54, 1.807) is 0 Å². The lowest BCUT2D eigenvalue weighted by atomic mass is 9.72. The number of Topliss-reactive ketones (excluding diaryl/α,β-unsaturated/α-hetero) is 1. The number of H-pyrrole nitrogens is 1. The number of carbonyl (C=O) groups is 1.